The lowest BCUT2D eigenvalue weighted by Gasteiger charge is -2.42. The largest absolute Gasteiger partial charge is 0.486 e. The standard InChI is InChI=1S/C25H32N2O7/c28-10-9-26-24(30)17-13-18(22(29)23-21(17)16-6-1-2-7-19(16)34-23)27(14-15-5-3-11-32-15)25(31)20-8-4-12-33-20/h1-2,6-7,13,15,18,20-23,28-29H,3-5,8-12,14H2,(H,26,30)/t15-,18+,20?,21-,22-,23-/m0/s1. The molecule has 1 aromatic carbocycles. The van der Waals surface area contributed by atoms with E-state index in [1.165, 1.54) is 0 Å². The van der Waals surface area contributed by atoms with Crippen LogP contribution in [0.2, 0.25) is 0 Å². The SMILES string of the molecule is O=C(NCCO)C1=C[C@@H](N(C[C@@H]2CCCO2)C(=O)C2CCCO2)[C@H](O)[C@H]2Oc3ccccc3[C@@H]12. The van der Waals surface area contributed by atoms with E-state index in [-0.39, 0.29) is 31.1 Å². The van der Waals surface area contributed by atoms with Crippen molar-refractivity contribution in [1.82, 2.24) is 10.2 Å². The Morgan fingerprint density at radius 2 is 1.91 bits per heavy atom. The fourth-order valence-corrected chi connectivity index (χ4v) is 5.51. The summed E-state index contributed by atoms with van der Waals surface area (Å²) in [5, 5.41) is 23.5. The third kappa shape index (κ3) is 4.33. The molecule has 0 aromatic heterocycles. The Morgan fingerprint density at radius 1 is 1.12 bits per heavy atom. The van der Waals surface area contributed by atoms with E-state index in [9.17, 15) is 19.8 Å². The van der Waals surface area contributed by atoms with Gasteiger partial charge in [0.15, 0.2) is 0 Å². The average molecular weight is 473 g/mol. The second-order valence-electron chi connectivity index (χ2n) is 9.31. The van der Waals surface area contributed by atoms with Gasteiger partial charge in [0.25, 0.3) is 5.91 Å². The molecule has 3 heterocycles. The van der Waals surface area contributed by atoms with Crippen molar-refractivity contribution in [1.29, 1.82) is 0 Å². The molecule has 2 saturated heterocycles. The fraction of sp³-hybridized carbons (Fsp3) is 0.600. The molecule has 184 valence electrons. The van der Waals surface area contributed by atoms with Crippen LogP contribution < -0.4 is 10.1 Å². The molecule has 0 radical (unpaired) electrons. The van der Waals surface area contributed by atoms with Crippen molar-refractivity contribution in [3.05, 3.63) is 41.5 Å². The van der Waals surface area contributed by atoms with Crippen LogP contribution in [0.1, 0.15) is 37.2 Å². The van der Waals surface area contributed by atoms with Crippen molar-refractivity contribution in [2.24, 2.45) is 0 Å². The summed E-state index contributed by atoms with van der Waals surface area (Å²) in [6.45, 7) is 1.41. The van der Waals surface area contributed by atoms with Crippen LogP contribution in [0, 0.1) is 0 Å². The maximum Gasteiger partial charge on any atom is 0.252 e. The number of rotatable bonds is 7. The Labute approximate surface area is 198 Å². The third-order valence-electron chi connectivity index (χ3n) is 7.15. The number of amides is 2. The number of carbonyl (C=O) groups is 2. The number of aliphatic hydroxyl groups excluding tert-OH is 2. The zero-order valence-corrected chi connectivity index (χ0v) is 19.1. The minimum absolute atomic E-state index is 0.109. The molecule has 6 atom stereocenters. The van der Waals surface area contributed by atoms with Gasteiger partial charge in [-0.3, -0.25) is 9.59 Å². The number of hydrogen-bond donors (Lipinski definition) is 3. The molecule has 0 bridgehead atoms. The van der Waals surface area contributed by atoms with Gasteiger partial charge in [-0.2, -0.15) is 0 Å². The number of carbonyl (C=O) groups excluding carboxylic acids is 2. The van der Waals surface area contributed by atoms with Gasteiger partial charge in [0.2, 0.25) is 5.91 Å². The van der Waals surface area contributed by atoms with Crippen LogP contribution in [0.5, 0.6) is 5.75 Å². The van der Waals surface area contributed by atoms with Crippen molar-refractivity contribution in [3.63, 3.8) is 0 Å². The molecule has 9 heteroatoms. The molecule has 2 amide bonds. The number of hydrogen-bond acceptors (Lipinski definition) is 7. The number of benzene rings is 1. The molecule has 1 aromatic rings. The van der Waals surface area contributed by atoms with Gasteiger partial charge in [0.1, 0.15) is 24.1 Å². The summed E-state index contributed by atoms with van der Waals surface area (Å²) >= 11 is 0. The van der Waals surface area contributed by atoms with Crippen molar-refractivity contribution in [2.45, 2.75) is 62.1 Å². The summed E-state index contributed by atoms with van der Waals surface area (Å²) in [6.07, 6.45) is 2.45. The normalized spacial score (nSPS) is 31.9. The van der Waals surface area contributed by atoms with E-state index in [2.05, 4.69) is 5.32 Å². The van der Waals surface area contributed by atoms with Crippen molar-refractivity contribution in [3.8, 4) is 5.75 Å². The van der Waals surface area contributed by atoms with Crippen LogP contribution in [0.15, 0.2) is 35.9 Å². The summed E-state index contributed by atoms with van der Waals surface area (Å²) in [5.74, 6) is -0.391. The fourth-order valence-electron chi connectivity index (χ4n) is 5.51. The molecule has 2 fully saturated rings. The van der Waals surface area contributed by atoms with E-state index in [1.54, 1.807) is 11.0 Å². The van der Waals surface area contributed by atoms with Gasteiger partial charge in [-0.05, 0) is 37.8 Å². The monoisotopic (exact) mass is 472 g/mol. The number of ether oxygens (including phenoxy) is 3. The second-order valence-corrected chi connectivity index (χ2v) is 9.31. The Hall–Kier alpha value is -2.46. The van der Waals surface area contributed by atoms with Crippen molar-refractivity contribution < 1.29 is 34.0 Å². The molecule has 9 nitrogen and oxygen atoms in total. The van der Waals surface area contributed by atoms with Crippen LogP contribution >= 0.6 is 0 Å². The van der Waals surface area contributed by atoms with Gasteiger partial charge in [0, 0.05) is 37.4 Å². The van der Waals surface area contributed by atoms with Gasteiger partial charge in [-0.25, -0.2) is 0 Å². The molecule has 1 aliphatic carbocycles. The highest BCUT2D eigenvalue weighted by Crippen LogP contribution is 2.47. The first kappa shape index (κ1) is 23.3. The van der Waals surface area contributed by atoms with Gasteiger partial charge < -0.3 is 34.6 Å². The highest BCUT2D eigenvalue weighted by atomic mass is 16.5. The molecule has 1 unspecified atom stereocenters. The Bertz CT molecular complexity index is 939. The summed E-state index contributed by atoms with van der Waals surface area (Å²) in [5.41, 5.74) is 1.25. The molecule has 34 heavy (non-hydrogen) atoms. The lowest BCUT2D eigenvalue weighted by molar-refractivity contribution is -0.148. The van der Waals surface area contributed by atoms with Crippen LogP contribution in [0.25, 0.3) is 0 Å². The molecule has 0 spiro atoms. The predicted molar refractivity (Wildman–Crippen MR) is 121 cm³/mol. The van der Waals surface area contributed by atoms with E-state index in [0.29, 0.717) is 37.5 Å². The average Bonchev–Trinajstić information content (AvgIpc) is 3.62. The number of aliphatic hydroxyl groups is 2. The Morgan fingerprint density at radius 3 is 2.65 bits per heavy atom. The van der Waals surface area contributed by atoms with E-state index in [1.807, 2.05) is 24.3 Å². The highest BCUT2D eigenvalue weighted by Gasteiger charge is 2.51. The summed E-state index contributed by atoms with van der Waals surface area (Å²) in [7, 11) is 0. The van der Waals surface area contributed by atoms with Gasteiger partial charge >= 0.3 is 0 Å². The molecule has 5 rings (SSSR count). The maximum absolute atomic E-state index is 13.6. The first-order valence-corrected chi connectivity index (χ1v) is 12.2. The number of fused-ring (bicyclic) bond motifs is 3. The summed E-state index contributed by atoms with van der Waals surface area (Å²) < 4.78 is 17.6. The van der Waals surface area contributed by atoms with Gasteiger partial charge in [0.05, 0.1) is 24.7 Å². The first-order chi connectivity index (χ1) is 16.6. The molecule has 3 aliphatic heterocycles. The number of para-hydroxylation sites is 1. The zero-order chi connectivity index (χ0) is 23.7. The van der Waals surface area contributed by atoms with E-state index >= 15 is 0 Å². The van der Waals surface area contributed by atoms with Gasteiger partial charge in [-0.15, -0.1) is 0 Å². The zero-order valence-electron chi connectivity index (χ0n) is 19.1. The van der Waals surface area contributed by atoms with Crippen LogP contribution in [0.4, 0.5) is 0 Å². The topological polar surface area (TPSA) is 118 Å². The van der Waals surface area contributed by atoms with Crippen LogP contribution in [-0.4, -0.2) is 90.3 Å². The van der Waals surface area contributed by atoms with Crippen molar-refractivity contribution in [2.75, 3.05) is 32.9 Å². The summed E-state index contributed by atoms with van der Waals surface area (Å²) in [6, 6.07) is 6.66. The highest BCUT2D eigenvalue weighted by molar-refractivity contribution is 5.96. The minimum Gasteiger partial charge on any atom is -0.486 e. The Kier molecular flexibility index (Phi) is 6.87. The molecular formula is C25H32N2O7. The summed E-state index contributed by atoms with van der Waals surface area (Å²) in [4.78, 5) is 28.4. The van der Waals surface area contributed by atoms with Gasteiger partial charge in [-0.1, -0.05) is 18.2 Å². The van der Waals surface area contributed by atoms with E-state index < -0.39 is 30.3 Å². The Balaban J connectivity index is 1.51. The van der Waals surface area contributed by atoms with Crippen LogP contribution in [0.3, 0.4) is 0 Å². The smallest absolute Gasteiger partial charge is 0.252 e. The number of nitrogens with one attached hydrogen (secondary N) is 1. The maximum atomic E-state index is 13.6. The van der Waals surface area contributed by atoms with E-state index in [0.717, 1.165) is 24.8 Å². The minimum atomic E-state index is -1.04. The first-order valence-electron chi connectivity index (χ1n) is 12.2. The lowest BCUT2D eigenvalue weighted by atomic mass is 9.77. The number of nitrogens with zero attached hydrogens (tertiary/aromatic N) is 1. The molecule has 0 saturated carbocycles. The third-order valence-corrected chi connectivity index (χ3v) is 7.15. The predicted octanol–water partition coefficient (Wildman–Crippen LogP) is 0.496. The molecule has 3 N–H and O–H groups in total. The lowest BCUT2D eigenvalue weighted by Crippen LogP contribution is -2.58. The molecule has 4 aliphatic rings. The second kappa shape index (κ2) is 10.0. The van der Waals surface area contributed by atoms with Crippen LogP contribution in [-0.2, 0) is 19.1 Å². The van der Waals surface area contributed by atoms with E-state index in [4.69, 9.17) is 14.2 Å². The van der Waals surface area contributed by atoms with Crippen molar-refractivity contribution >= 4 is 11.8 Å². The molecular weight excluding hydrogens is 440 g/mol. The quantitative estimate of drug-likeness (QED) is 0.529.